The van der Waals surface area contributed by atoms with Crippen LogP contribution < -0.4 is 10.1 Å². The molecular weight excluding hydrogens is 248 g/mol. The van der Waals surface area contributed by atoms with Crippen LogP contribution in [0.5, 0.6) is 5.75 Å². The summed E-state index contributed by atoms with van der Waals surface area (Å²) in [6.07, 6.45) is 0. The number of benzene rings is 1. The molecular formula is C17H30N2O. The predicted octanol–water partition coefficient (Wildman–Crippen LogP) is 3.32. The van der Waals surface area contributed by atoms with E-state index in [1.54, 1.807) is 7.11 Å². The standard InChI is InChI=1S/C17H30N2O/c1-13(17(2,3)4)19(6)12-15(18-5)14-10-8-9-11-16(14)20-7/h8-11,13,15,18H,12H2,1-7H3. The molecule has 0 fully saturated rings. The summed E-state index contributed by atoms with van der Waals surface area (Å²) < 4.78 is 5.48. The van der Waals surface area contributed by atoms with Crippen molar-refractivity contribution in [2.24, 2.45) is 5.41 Å². The number of para-hydroxylation sites is 1. The average molecular weight is 278 g/mol. The zero-order valence-corrected chi connectivity index (χ0v) is 14.0. The molecule has 0 aliphatic heterocycles. The van der Waals surface area contributed by atoms with Crippen molar-refractivity contribution in [3.05, 3.63) is 29.8 Å². The molecule has 20 heavy (non-hydrogen) atoms. The van der Waals surface area contributed by atoms with E-state index < -0.39 is 0 Å². The van der Waals surface area contributed by atoms with E-state index in [0.717, 1.165) is 12.3 Å². The first kappa shape index (κ1) is 17.0. The van der Waals surface area contributed by atoms with E-state index in [0.29, 0.717) is 6.04 Å². The van der Waals surface area contributed by atoms with Crippen molar-refractivity contribution in [2.75, 3.05) is 27.7 Å². The summed E-state index contributed by atoms with van der Waals surface area (Å²) in [6.45, 7) is 10.1. The van der Waals surface area contributed by atoms with Crippen molar-refractivity contribution < 1.29 is 4.74 Å². The second-order valence-corrected chi connectivity index (χ2v) is 6.56. The zero-order valence-electron chi connectivity index (χ0n) is 14.0. The summed E-state index contributed by atoms with van der Waals surface area (Å²) in [4.78, 5) is 2.41. The molecule has 0 aromatic heterocycles. The van der Waals surface area contributed by atoms with E-state index >= 15 is 0 Å². The van der Waals surface area contributed by atoms with Crippen LogP contribution in [0.1, 0.15) is 39.3 Å². The Hall–Kier alpha value is -1.06. The van der Waals surface area contributed by atoms with E-state index in [1.165, 1.54) is 5.56 Å². The molecule has 114 valence electrons. The molecule has 2 unspecified atom stereocenters. The molecule has 3 nitrogen and oxygen atoms in total. The van der Waals surface area contributed by atoms with Crippen molar-refractivity contribution in [2.45, 2.75) is 39.8 Å². The van der Waals surface area contributed by atoms with E-state index in [4.69, 9.17) is 4.74 Å². The maximum atomic E-state index is 5.48. The molecule has 0 amide bonds. The molecule has 0 heterocycles. The lowest BCUT2D eigenvalue weighted by Crippen LogP contribution is -2.43. The van der Waals surface area contributed by atoms with Crippen LogP contribution in [0.2, 0.25) is 0 Å². The van der Waals surface area contributed by atoms with Gasteiger partial charge in [0.05, 0.1) is 7.11 Å². The van der Waals surface area contributed by atoms with Gasteiger partial charge < -0.3 is 15.0 Å². The van der Waals surface area contributed by atoms with Crippen LogP contribution in [0.3, 0.4) is 0 Å². The minimum absolute atomic E-state index is 0.265. The van der Waals surface area contributed by atoms with Crippen LogP contribution in [0, 0.1) is 5.41 Å². The van der Waals surface area contributed by atoms with Gasteiger partial charge in [0.2, 0.25) is 0 Å². The maximum absolute atomic E-state index is 5.48. The van der Waals surface area contributed by atoms with Gasteiger partial charge in [0.15, 0.2) is 0 Å². The first-order chi connectivity index (χ1) is 9.31. The summed E-state index contributed by atoms with van der Waals surface area (Å²) >= 11 is 0. The molecule has 0 saturated heterocycles. The first-order valence-electron chi connectivity index (χ1n) is 7.31. The van der Waals surface area contributed by atoms with Gasteiger partial charge in [0.1, 0.15) is 5.75 Å². The molecule has 0 aliphatic rings. The van der Waals surface area contributed by atoms with Crippen LogP contribution in [0.25, 0.3) is 0 Å². The lowest BCUT2D eigenvalue weighted by Gasteiger charge is -2.37. The van der Waals surface area contributed by atoms with E-state index in [9.17, 15) is 0 Å². The number of hydrogen-bond acceptors (Lipinski definition) is 3. The Bertz CT molecular complexity index is 412. The average Bonchev–Trinajstić information content (AvgIpc) is 2.42. The molecule has 0 bridgehead atoms. The fraction of sp³-hybridized carbons (Fsp3) is 0.647. The molecule has 0 spiro atoms. The van der Waals surface area contributed by atoms with Crippen molar-refractivity contribution >= 4 is 0 Å². The van der Waals surface area contributed by atoms with Crippen LogP contribution in [0.15, 0.2) is 24.3 Å². The Morgan fingerprint density at radius 1 is 1.25 bits per heavy atom. The smallest absolute Gasteiger partial charge is 0.123 e. The van der Waals surface area contributed by atoms with Crippen LogP contribution >= 0.6 is 0 Å². The fourth-order valence-electron chi connectivity index (χ4n) is 2.41. The fourth-order valence-corrected chi connectivity index (χ4v) is 2.41. The molecule has 1 rings (SSSR count). The maximum Gasteiger partial charge on any atom is 0.123 e. The number of nitrogens with one attached hydrogen (secondary N) is 1. The second-order valence-electron chi connectivity index (χ2n) is 6.56. The lowest BCUT2D eigenvalue weighted by atomic mass is 9.87. The summed E-state index contributed by atoms with van der Waals surface area (Å²) in [5, 5.41) is 3.41. The van der Waals surface area contributed by atoms with Crippen LogP contribution in [-0.4, -0.2) is 38.7 Å². The Morgan fingerprint density at radius 3 is 2.35 bits per heavy atom. The van der Waals surface area contributed by atoms with Gasteiger partial charge in [-0.25, -0.2) is 0 Å². The third-order valence-electron chi connectivity index (χ3n) is 4.25. The summed E-state index contributed by atoms with van der Waals surface area (Å²) in [7, 11) is 5.93. The first-order valence-corrected chi connectivity index (χ1v) is 7.31. The van der Waals surface area contributed by atoms with Gasteiger partial charge in [-0.3, -0.25) is 0 Å². The van der Waals surface area contributed by atoms with Gasteiger partial charge in [0.25, 0.3) is 0 Å². The number of rotatable bonds is 6. The van der Waals surface area contributed by atoms with Crippen molar-refractivity contribution in [1.82, 2.24) is 10.2 Å². The highest BCUT2D eigenvalue weighted by atomic mass is 16.5. The summed E-state index contributed by atoms with van der Waals surface area (Å²) in [5.74, 6) is 0.948. The molecule has 3 heteroatoms. The Balaban J connectivity index is 2.87. The monoisotopic (exact) mass is 278 g/mol. The molecule has 0 radical (unpaired) electrons. The lowest BCUT2D eigenvalue weighted by molar-refractivity contribution is 0.130. The highest BCUT2D eigenvalue weighted by Gasteiger charge is 2.26. The van der Waals surface area contributed by atoms with E-state index in [-0.39, 0.29) is 11.5 Å². The molecule has 1 aromatic carbocycles. The highest BCUT2D eigenvalue weighted by Crippen LogP contribution is 2.28. The quantitative estimate of drug-likeness (QED) is 0.864. The third kappa shape index (κ3) is 4.22. The van der Waals surface area contributed by atoms with Crippen molar-refractivity contribution in [3.63, 3.8) is 0 Å². The molecule has 1 aromatic rings. The van der Waals surface area contributed by atoms with Gasteiger partial charge in [-0.05, 0) is 32.5 Å². The van der Waals surface area contributed by atoms with Crippen LogP contribution in [0.4, 0.5) is 0 Å². The van der Waals surface area contributed by atoms with Gasteiger partial charge >= 0.3 is 0 Å². The van der Waals surface area contributed by atoms with Gasteiger partial charge in [-0.1, -0.05) is 39.0 Å². The Morgan fingerprint density at radius 2 is 1.85 bits per heavy atom. The van der Waals surface area contributed by atoms with Gasteiger partial charge in [-0.15, -0.1) is 0 Å². The molecule has 1 N–H and O–H groups in total. The van der Waals surface area contributed by atoms with Gasteiger partial charge in [0, 0.05) is 24.2 Å². The summed E-state index contributed by atoms with van der Waals surface area (Å²) in [6, 6.07) is 9.00. The SMILES string of the molecule is CNC(CN(C)C(C)C(C)(C)C)c1ccccc1OC. The number of nitrogens with zero attached hydrogens (tertiary/aromatic N) is 1. The summed E-state index contributed by atoms with van der Waals surface area (Å²) in [5.41, 5.74) is 1.49. The van der Waals surface area contributed by atoms with E-state index in [1.807, 2.05) is 19.2 Å². The van der Waals surface area contributed by atoms with Crippen LogP contribution in [-0.2, 0) is 0 Å². The Kier molecular flexibility index (Phi) is 6.03. The minimum Gasteiger partial charge on any atom is -0.496 e. The van der Waals surface area contributed by atoms with E-state index in [2.05, 4.69) is 57.1 Å². The number of methoxy groups -OCH3 is 1. The van der Waals surface area contributed by atoms with Crippen molar-refractivity contribution in [1.29, 1.82) is 0 Å². The molecule has 0 saturated carbocycles. The zero-order chi connectivity index (χ0) is 15.3. The topological polar surface area (TPSA) is 24.5 Å². The molecule has 0 aliphatic carbocycles. The van der Waals surface area contributed by atoms with Gasteiger partial charge in [-0.2, -0.15) is 0 Å². The second kappa shape index (κ2) is 7.09. The predicted molar refractivity (Wildman–Crippen MR) is 86.3 cm³/mol. The largest absolute Gasteiger partial charge is 0.496 e. The third-order valence-corrected chi connectivity index (χ3v) is 4.25. The van der Waals surface area contributed by atoms with Crippen molar-refractivity contribution in [3.8, 4) is 5.75 Å². The number of likely N-dealkylation sites (N-methyl/N-ethyl adjacent to an activating group) is 2. The normalized spacial score (nSPS) is 15.2. The number of ether oxygens (including phenoxy) is 1. The number of hydrogen-bond donors (Lipinski definition) is 1. The highest BCUT2D eigenvalue weighted by molar-refractivity contribution is 5.36. The Labute approximate surface area is 124 Å². The minimum atomic E-state index is 0.265. The molecule has 2 atom stereocenters.